The number of benzene rings is 1. The first kappa shape index (κ1) is 13.5. The van der Waals surface area contributed by atoms with E-state index in [9.17, 15) is 9.18 Å². The van der Waals surface area contributed by atoms with Crippen LogP contribution in [-0.2, 0) is 11.2 Å². The predicted octanol–water partition coefficient (Wildman–Crippen LogP) is 2.88. The molecular formula is C13H17FO3. The molecule has 0 aliphatic rings. The highest BCUT2D eigenvalue weighted by atomic mass is 19.1. The van der Waals surface area contributed by atoms with Crippen LogP contribution in [0.4, 0.5) is 4.39 Å². The summed E-state index contributed by atoms with van der Waals surface area (Å²) < 4.78 is 18.9. The topological polar surface area (TPSA) is 46.5 Å². The Hall–Kier alpha value is -1.58. The number of aliphatic carboxylic acids is 1. The van der Waals surface area contributed by atoms with E-state index in [1.807, 2.05) is 6.92 Å². The quantitative estimate of drug-likeness (QED) is 0.860. The number of ether oxygens (including phenoxy) is 1. The van der Waals surface area contributed by atoms with E-state index in [0.29, 0.717) is 17.9 Å². The third-order valence-electron chi connectivity index (χ3n) is 2.55. The van der Waals surface area contributed by atoms with Crippen molar-refractivity contribution in [2.45, 2.75) is 27.2 Å². The van der Waals surface area contributed by atoms with Crippen molar-refractivity contribution in [1.29, 1.82) is 0 Å². The van der Waals surface area contributed by atoms with Crippen LogP contribution in [0, 0.1) is 11.2 Å². The van der Waals surface area contributed by atoms with Crippen molar-refractivity contribution >= 4 is 5.97 Å². The Morgan fingerprint density at radius 3 is 2.59 bits per heavy atom. The lowest BCUT2D eigenvalue weighted by molar-refractivity contribution is -0.146. The normalized spacial score (nSPS) is 11.3. The van der Waals surface area contributed by atoms with Crippen LogP contribution in [0.25, 0.3) is 0 Å². The van der Waals surface area contributed by atoms with Crippen molar-refractivity contribution in [2.24, 2.45) is 5.41 Å². The summed E-state index contributed by atoms with van der Waals surface area (Å²) in [5.41, 5.74) is -0.589. The van der Waals surface area contributed by atoms with Gasteiger partial charge in [-0.3, -0.25) is 4.79 Å². The molecule has 3 nitrogen and oxygen atoms in total. The van der Waals surface area contributed by atoms with E-state index in [2.05, 4.69) is 0 Å². The van der Waals surface area contributed by atoms with Gasteiger partial charge in [-0.15, -0.1) is 0 Å². The minimum Gasteiger partial charge on any atom is -0.494 e. The standard InChI is InChI=1S/C13H17FO3/c1-4-17-10-6-5-9(11(14)7-10)8-13(2,3)12(15)16/h5-7H,4,8H2,1-3H3,(H,15,16). The number of carboxylic acid groups (broad SMARTS) is 1. The monoisotopic (exact) mass is 240 g/mol. The van der Waals surface area contributed by atoms with Crippen molar-refractivity contribution < 1.29 is 19.0 Å². The van der Waals surface area contributed by atoms with Crippen LogP contribution in [0.5, 0.6) is 5.75 Å². The van der Waals surface area contributed by atoms with Gasteiger partial charge in [-0.25, -0.2) is 4.39 Å². The van der Waals surface area contributed by atoms with Crippen LogP contribution in [0.1, 0.15) is 26.3 Å². The molecule has 0 saturated heterocycles. The lowest BCUT2D eigenvalue weighted by Gasteiger charge is -2.19. The summed E-state index contributed by atoms with van der Waals surface area (Å²) in [5.74, 6) is -0.905. The second-order valence-corrected chi connectivity index (χ2v) is 4.55. The molecule has 0 aliphatic carbocycles. The number of halogens is 1. The summed E-state index contributed by atoms with van der Waals surface area (Å²) in [5, 5.41) is 8.99. The minimum atomic E-state index is -0.978. The highest BCUT2D eigenvalue weighted by Gasteiger charge is 2.28. The Morgan fingerprint density at radius 2 is 2.12 bits per heavy atom. The summed E-state index contributed by atoms with van der Waals surface area (Å²) in [6.45, 7) is 5.44. The number of rotatable bonds is 5. The van der Waals surface area contributed by atoms with Crippen LogP contribution in [0.15, 0.2) is 18.2 Å². The molecule has 1 aromatic carbocycles. The molecule has 0 radical (unpaired) electrons. The van der Waals surface area contributed by atoms with Crippen molar-refractivity contribution in [1.82, 2.24) is 0 Å². The lowest BCUT2D eigenvalue weighted by Crippen LogP contribution is -2.26. The number of carbonyl (C=O) groups is 1. The third kappa shape index (κ3) is 3.44. The first-order chi connectivity index (χ1) is 7.86. The fraction of sp³-hybridized carbons (Fsp3) is 0.462. The van der Waals surface area contributed by atoms with E-state index >= 15 is 0 Å². The summed E-state index contributed by atoms with van der Waals surface area (Å²) in [4.78, 5) is 11.0. The zero-order chi connectivity index (χ0) is 13.1. The molecule has 0 atom stereocenters. The van der Waals surface area contributed by atoms with Crippen LogP contribution in [-0.4, -0.2) is 17.7 Å². The van der Waals surface area contributed by atoms with Gasteiger partial charge in [0.1, 0.15) is 11.6 Å². The van der Waals surface area contributed by atoms with Crippen LogP contribution in [0.2, 0.25) is 0 Å². The average molecular weight is 240 g/mol. The molecule has 0 unspecified atom stereocenters. The molecule has 1 N–H and O–H groups in total. The predicted molar refractivity (Wildman–Crippen MR) is 62.7 cm³/mol. The second kappa shape index (κ2) is 5.17. The first-order valence-corrected chi connectivity index (χ1v) is 5.51. The molecule has 1 rings (SSSR count). The molecule has 0 aromatic heterocycles. The zero-order valence-electron chi connectivity index (χ0n) is 10.3. The molecule has 4 heteroatoms. The van der Waals surface area contributed by atoms with E-state index in [-0.39, 0.29) is 6.42 Å². The van der Waals surface area contributed by atoms with E-state index in [1.54, 1.807) is 26.0 Å². The van der Waals surface area contributed by atoms with Crippen molar-refractivity contribution in [3.63, 3.8) is 0 Å². The Labute approximate surface area is 100 Å². The number of carboxylic acids is 1. The highest BCUT2D eigenvalue weighted by molar-refractivity contribution is 5.74. The smallest absolute Gasteiger partial charge is 0.309 e. The Balaban J connectivity index is 2.90. The van der Waals surface area contributed by atoms with Gasteiger partial charge in [-0.2, -0.15) is 0 Å². The van der Waals surface area contributed by atoms with Crippen molar-refractivity contribution in [3.05, 3.63) is 29.6 Å². The average Bonchev–Trinajstić information content (AvgIpc) is 2.22. The molecule has 1 aromatic rings. The molecule has 0 spiro atoms. The third-order valence-corrected chi connectivity index (χ3v) is 2.55. The van der Waals surface area contributed by atoms with Gasteiger partial charge < -0.3 is 9.84 Å². The molecule has 17 heavy (non-hydrogen) atoms. The summed E-state index contributed by atoms with van der Waals surface area (Å²) in [6, 6.07) is 4.52. The highest BCUT2D eigenvalue weighted by Crippen LogP contribution is 2.25. The maximum absolute atomic E-state index is 13.7. The maximum atomic E-state index is 13.7. The SMILES string of the molecule is CCOc1ccc(CC(C)(C)C(=O)O)c(F)c1. The van der Waals surface area contributed by atoms with Crippen molar-refractivity contribution in [3.8, 4) is 5.75 Å². The number of hydrogen-bond acceptors (Lipinski definition) is 2. The lowest BCUT2D eigenvalue weighted by atomic mass is 9.86. The van der Waals surface area contributed by atoms with E-state index in [0.717, 1.165) is 0 Å². The minimum absolute atomic E-state index is 0.153. The molecule has 0 fully saturated rings. The summed E-state index contributed by atoms with van der Waals surface area (Å²) in [7, 11) is 0. The number of hydrogen-bond donors (Lipinski definition) is 1. The largest absolute Gasteiger partial charge is 0.494 e. The zero-order valence-corrected chi connectivity index (χ0v) is 10.3. The molecule has 94 valence electrons. The molecule has 0 bridgehead atoms. The molecule has 0 amide bonds. The van der Waals surface area contributed by atoms with Crippen molar-refractivity contribution in [2.75, 3.05) is 6.61 Å². The van der Waals surface area contributed by atoms with Crippen LogP contribution in [0.3, 0.4) is 0 Å². The molecule has 0 aliphatic heterocycles. The Bertz CT molecular complexity index is 413. The Morgan fingerprint density at radius 1 is 1.47 bits per heavy atom. The Kier molecular flexibility index (Phi) is 4.10. The fourth-order valence-corrected chi connectivity index (χ4v) is 1.48. The van der Waals surface area contributed by atoms with Gasteiger partial charge in [0.15, 0.2) is 0 Å². The van der Waals surface area contributed by atoms with Gasteiger partial charge in [0.25, 0.3) is 0 Å². The molecular weight excluding hydrogens is 223 g/mol. The second-order valence-electron chi connectivity index (χ2n) is 4.55. The van der Waals surface area contributed by atoms with E-state index < -0.39 is 17.2 Å². The fourth-order valence-electron chi connectivity index (χ4n) is 1.48. The molecule has 0 heterocycles. The van der Waals surface area contributed by atoms with E-state index in [4.69, 9.17) is 9.84 Å². The summed E-state index contributed by atoms with van der Waals surface area (Å²) >= 11 is 0. The van der Waals surface area contributed by atoms with Gasteiger partial charge in [0.2, 0.25) is 0 Å². The van der Waals surface area contributed by atoms with Gasteiger partial charge in [-0.05, 0) is 38.8 Å². The molecule has 0 saturated carbocycles. The van der Waals surface area contributed by atoms with Gasteiger partial charge >= 0.3 is 5.97 Å². The maximum Gasteiger partial charge on any atom is 0.309 e. The summed E-state index contributed by atoms with van der Waals surface area (Å²) in [6.07, 6.45) is 0.153. The van der Waals surface area contributed by atoms with Crippen LogP contribution >= 0.6 is 0 Å². The van der Waals surface area contributed by atoms with Gasteiger partial charge in [-0.1, -0.05) is 6.07 Å². The van der Waals surface area contributed by atoms with Crippen LogP contribution < -0.4 is 4.74 Å². The first-order valence-electron chi connectivity index (χ1n) is 5.51. The van der Waals surface area contributed by atoms with Gasteiger partial charge in [0.05, 0.1) is 12.0 Å². The van der Waals surface area contributed by atoms with E-state index in [1.165, 1.54) is 6.07 Å². The van der Waals surface area contributed by atoms with Gasteiger partial charge in [0, 0.05) is 6.07 Å².